The molecule has 0 radical (unpaired) electrons. The number of aromatic nitrogens is 2. The van der Waals surface area contributed by atoms with Gasteiger partial charge < -0.3 is 14.2 Å². The van der Waals surface area contributed by atoms with Crippen molar-refractivity contribution >= 4 is 21.8 Å². The number of methoxy groups -OCH3 is 1. The maximum absolute atomic E-state index is 12.8. The van der Waals surface area contributed by atoms with Crippen molar-refractivity contribution in [3.05, 3.63) is 40.0 Å². The summed E-state index contributed by atoms with van der Waals surface area (Å²) in [5, 5.41) is 3.84. The van der Waals surface area contributed by atoms with Crippen LogP contribution in [0.15, 0.2) is 27.2 Å². The number of likely N-dealkylation sites (tertiary alicyclic amines) is 1. The summed E-state index contributed by atoms with van der Waals surface area (Å²) in [4.78, 5) is 19.0. The lowest BCUT2D eigenvalue weighted by Gasteiger charge is -2.31. The van der Waals surface area contributed by atoms with Crippen LogP contribution < -0.4 is 4.74 Å². The number of halogens is 1. The Morgan fingerprint density at radius 2 is 2.30 bits per heavy atom. The Balaban J connectivity index is 1.79. The molecule has 1 aliphatic heterocycles. The molecule has 1 saturated heterocycles. The van der Waals surface area contributed by atoms with E-state index in [1.54, 1.807) is 20.1 Å². The minimum absolute atomic E-state index is 0.0169. The number of ether oxygens (including phenoxy) is 1. The average molecular weight is 380 g/mol. The molecular weight excluding hydrogens is 362 g/mol. The first-order chi connectivity index (χ1) is 11.1. The van der Waals surface area contributed by atoms with Gasteiger partial charge in [0.25, 0.3) is 5.91 Å². The van der Waals surface area contributed by atoms with Crippen molar-refractivity contribution in [1.82, 2.24) is 15.0 Å². The highest BCUT2D eigenvalue weighted by atomic mass is 79.9. The Hall–Kier alpha value is -1.89. The van der Waals surface area contributed by atoms with Gasteiger partial charge in [0.15, 0.2) is 5.82 Å². The van der Waals surface area contributed by atoms with Gasteiger partial charge in [-0.15, -0.1) is 0 Å². The molecule has 1 aromatic heterocycles. The first-order valence-corrected chi connectivity index (χ1v) is 8.31. The van der Waals surface area contributed by atoms with Crippen molar-refractivity contribution in [3.8, 4) is 5.75 Å². The van der Waals surface area contributed by atoms with Gasteiger partial charge in [0.1, 0.15) is 5.75 Å². The second-order valence-corrected chi connectivity index (χ2v) is 6.47. The molecule has 1 atom stereocenters. The third kappa shape index (κ3) is 3.39. The normalized spacial score (nSPS) is 18.0. The summed E-state index contributed by atoms with van der Waals surface area (Å²) in [6, 6.07) is 5.41. The fraction of sp³-hybridized carbons (Fsp3) is 0.438. The van der Waals surface area contributed by atoms with E-state index in [0.29, 0.717) is 29.6 Å². The van der Waals surface area contributed by atoms with Gasteiger partial charge in [0.2, 0.25) is 5.89 Å². The average Bonchev–Trinajstić information content (AvgIpc) is 3.01. The molecule has 1 fully saturated rings. The molecule has 0 unspecified atom stereocenters. The smallest absolute Gasteiger partial charge is 0.255 e. The van der Waals surface area contributed by atoms with Gasteiger partial charge in [-0.25, -0.2) is 0 Å². The Labute approximate surface area is 142 Å². The number of aryl methyl sites for hydroxylation is 1. The Kier molecular flexibility index (Phi) is 4.66. The number of carbonyl (C=O) groups excluding carboxylic acids is 1. The standard InChI is InChI=1S/C16H18BrN3O3/c1-10-18-15(23-19-10)11-4-3-7-20(9-11)16(21)13-8-12(22-2)5-6-14(13)17/h5-6,8,11H,3-4,7,9H2,1-2H3/t11-/m1/s1. The van der Waals surface area contributed by atoms with Crippen LogP contribution >= 0.6 is 15.9 Å². The van der Waals surface area contributed by atoms with Crippen LogP contribution in [0.5, 0.6) is 5.75 Å². The van der Waals surface area contributed by atoms with Gasteiger partial charge in [0, 0.05) is 17.6 Å². The number of piperidine rings is 1. The number of benzene rings is 1. The summed E-state index contributed by atoms with van der Waals surface area (Å²) in [6.07, 6.45) is 1.87. The monoisotopic (exact) mass is 379 g/mol. The van der Waals surface area contributed by atoms with Gasteiger partial charge in [-0.1, -0.05) is 5.16 Å². The quantitative estimate of drug-likeness (QED) is 0.818. The molecule has 0 saturated carbocycles. The van der Waals surface area contributed by atoms with E-state index in [1.807, 2.05) is 17.0 Å². The molecule has 3 rings (SSSR count). The maximum Gasteiger partial charge on any atom is 0.255 e. The summed E-state index contributed by atoms with van der Waals surface area (Å²) in [7, 11) is 1.59. The fourth-order valence-electron chi connectivity index (χ4n) is 2.81. The van der Waals surface area contributed by atoms with E-state index in [4.69, 9.17) is 9.26 Å². The van der Waals surface area contributed by atoms with E-state index in [9.17, 15) is 4.79 Å². The molecule has 2 aromatic rings. The molecule has 23 heavy (non-hydrogen) atoms. The van der Waals surface area contributed by atoms with E-state index in [1.165, 1.54) is 0 Å². The van der Waals surface area contributed by atoms with Crippen LogP contribution in [-0.2, 0) is 0 Å². The summed E-state index contributed by atoms with van der Waals surface area (Å²) in [5.74, 6) is 1.98. The minimum atomic E-state index is -0.0169. The van der Waals surface area contributed by atoms with Crippen LogP contribution in [0.4, 0.5) is 0 Å². The molecule has 1 aromatic carbocycles. The van der Waals surface area contributed by atoms with E-state index < -0.39 is 0 Å². The summed E-state index contributed by atoms with van der Waals surface area (Å²) < 4.78 is 11.2. The second kappa shape index (κ2) is 6.70. The zero-order valence-electron chi connectivity index (χ0n) is 13.1. The molecule has 122 valence electrons. The second-order valence-electron chi connectivity index (χ2n) is 5.62. The lowest BCUT2D eigenvalue weighted by Crippen LogP contribution is -2.39. The predicted molar refractivity (Wildman–Crippen MR) is 87.6 cm³/mol. The zero-order chi connectivity index (χ0) is 16.4. The zero-order valence-corrected chi connectivity index (χ0v) is 14.7. The lowest BCUT2D eigenvalue weighted by molar-refractivity contribution is 0.0694. The summed E-state index contributed by atoms with van der Waals surface area (Å²) >= 11 is 3.45. The number of hydrogen-bond acceptors (Lipinski definition) is 5. The number of carbonyl (C=O) groups is 1. The highest BCUT2D eigenvalue weighted by Gasteiger charge is 2.29. The molecule has 2 heterocycles. The predicted octanol–water partition coefficient (Wildman–Crippen LogP) is 3.17. The van der Waals surface area contributed by atoms with E-state index in [-0.39, 0.29) is 11.8 Å². The van der Waals surface area contributed by atoms with Crippen molar-refractivity contribution in [2.45, 2.75) is 25.7 Å². The molecular formula is C16H18BrN3O3. The largest absolute Gasteiger partial charge is 0.497 e. The maximum atomic E-state index is 12.8. The Morgan fingerprint density at radius 1 is 1.48 bits per heavy atom. The number of nitrogens with zero attached hydrogens (tertiary/aromatic N) is 3. The number of rotatable bonds is 3. The van der Waals surface area contributed by atoms with Gasteiger partial charge in [0.05, 0.1) is 18.6 Å². The van der Waals surface area contributed by atoms with Gasteiger partial charge in [-0.2, -0.15) is 4.98 Å². The van der Waals surface area contributed by atoms with E-state index >= 15 is 0 Å². The summed E-state index contributed by atoms with van der Waals surface area (Å²) in [5.41, 5.74) is 0.603. The topological polar surface area (TPSA) is 68.5 Å². The third-order valence-electron chi connectivity index (χ3n) is 4.01. The van der Waals surface area contributed by atoms with Crippen LogP contribution in [0, 0.1) is 6.92 Å². The highest BCUT2D eigenvalue weighted by Crippen LogP contribution is 2.29. The highest BCUT2D eigenvalue weighted by molar-refractivity contribution is 9.10. The van der Waals surface area contributed by atoms with Crippen LogP contribution in [0.2, 0.25) is 0 Å². The molecule has 6 nitrogen and oxygen atoms in total. The Morgan fingerprint density at radius 3 is 3.00 bits per heavy atom. The van der Waals surface area contributed by atoms with Crippen molar-refractivity contribution in [2.24, 2.45) is 0 Å². The molecule has 0 bridgehead atoms. The lowest BCUT2D eigenvalue weighted by atomic mass is 9.97. The van der Waals surface area contributed by atoms with Crippen molar-refractivity contribution < 1.29 is 14.1 Å². The fourth-order valence-corrected chi connectivity index (χ4v) is 3.22. The van der Waals surface area contributed by atoms with Gasteiger partial charge in [-0.3, -0.25) is 4.79 Å². The first-order valence-electron chi connectivity index (χ1n) is 7.51. The van der Waals surface area contributed by atoms with Crippen molar-refractivity contribution in [1.29, 1.82) is 0 Å². The van der Waals surface area contributed by atoms with E-state index in [2.05, 4.69) is 26.1 Å². The van der Waals surface area contributed by atoms with Gasteiger partial charge in [-0.05, 0) is 53.9 Å². The van der Waals surface area contributed by atoms with Crippen molar-refractivity contribution in [2.75, 3.05) is 20.2 Å². The van der Waals surface area contributed by atoms with Crippen LogP contribution in [0.3, 0.4) is 0 Å². The van der Waals surface area contributed by atoms with Crippen LogP contribution in [0.25, 0.3) is 0 Å². The molecule has 0 N–H and O–H groups in total. The van der Waals surface area contributed by atoms with Gasteiger partial charge >= 0.3 is 0 Å². The first kappa shape index (κ1) is 16.0. The molecule has 0 spiro atoms. The van der Waals surface area contributed by atoms with Crippen LogP contribution in [0.1, 0.15) is 40.8 Å². The molecule has 7 heteroatoms. The molecule has 0 aliphatic carbocycles. The third-order valence-corrected chi connectivity index (χ3v) is 4.70. The van der Waals surface area contributed by atoms with Crippen molar-refractivity contribution in [3.63, 3.8) is 0 Å². The van der Waals surface area contributed by atoms with E-state index in [0.717, 1.165) is 23.9 Å². The summed E-state index contributed by atoms with van der Waals surface area (Å²) in [6.45, 7) is 3.11. The molecule has 1 aliphatic rings. The molecule has 1 amide bonds. The number of hydrogen-bond donors (Lipinski definition) is 0. The Bertz CT molecular complexity index is 716. The minimum Gasteiger partial charge on any atom is -0.497 e. The number of amides is 1. The van der Waals surface area contributed by atoms with Crippen LogP contribution in [-0.4, -0.2) is 41.1 Å². The SMILES string of the molecule is COc1ccc(Br)c(C(=O)N2CCC[C@@H](c3nc(C)no3)C2)c1.